The molecule has 1 fully saturated rings. The lowest BCUT2D eigenvalue weighted by molar-refractivity contribution is 0.0730. The molecule has 1 aliphatic rings. The number of carbonyl (C=O) groups excluding carboxylic acids is 1. The Hall–Kier alpha value is -4.00. The highest BCUT2D eigenvalue weighted by Gasteiger charge is 2.22. The molecule has 188 valence electrons. The third-order valence-corrected chi connectivity index (χ3v) is 6.71. The molecular weight excluding hydrogens is 464 g/mol. The second-order valence-corrected chi connectivity index (χ2v) is 9.31. The summed E-state index contributed by atoms with van der Waals surface area (Å²) in [6.07, 6.45) is 4.36. The zero-order chi connectivity index (χ0) is 25.6. The molecule has 0 atom stereocenters. The van der Waals surface area contributed by atoms with Crippen molar-refractivity contribution in [3.8, 4) is 5.75 Å². The summed E-state index contributed by atoms with van der Waals surface area (Å²) in [6, 6.07) is 24.3. The summed E-state index contributed by atoms with van der Waals surface area (Å²) in [6.45, 7) is 6.87. The summed E-state index contributed by atoms with van der Waals surface area (Å²) >= 11 is 0. The molecule has 2 heterocycles. The molecule has 0 aliphatic carbocycles. The zero-order valence-corrected chi connectivity index (χ0v) is 20.9. The minimum Gasteiger partial charge on any atom is -0.422 e. The lowest BCUT2D eigenvalue weighted by Crippen LogP contribution is -2.45. The van der Waals surface area contributed by atoms with Gasteiger partial charge < -0.3 is 9.15 Å². The van der Waals surface area contributed by atoms with Gasteiger partial charge in [-0.25, -0.2) is 9.59 Å². The predicted octanol–water partition coefficient (Wildman–Crippen LogP) is 5.15. The molecule has 4 aromatic rings. The Labute approximate surface area is 216 Å². The van der Waals surface area contributed by atoms with E-state index in [4.69, 9.17) is 9.15 Å². The van der Waals surface area contributed by atoms with Crippen LogP contribution in [0.5, 0.6) is 5.75 Å². The zero-order valence-electron chi connectivity index (χ0n) is 20.9. The third-order valence-electron chi connectivity index (χ3n) is 6.71. The number of carbonyl (C=O) groups is 1. The molecule has 0 amide bonds. The van der Waals surface area contributed by atoms with Crippen LogP contribution in [0.15, 0.2) is 94.2 Å². The Bertz CT molecular complexity index is 1450. The molecule has 0 spiro atoms. The monoisotopic (exact) mass is 494 g/mol. The normalized spacial score (nSPS) is 14.8. The molecule has 5 rings (SSSR count). The van der Waals surface area contributed by atoms with Crippen LogP contribution in [0.2, 0.25) is 0 Å². The minimum atomic E-state index is -0.439. The van der Waals surface area contributed by atoms with Crippen molar-refractivity contribution >= 4 is 23.0 Å². The van der Waals surface area contributed by atoms with E-state index in [1.807, 2.05) is 37.3 Å². The van der Waals surface area contributed by atoms with Gasteiger partial charge in [0.15, 0.2) is 0 Å². The highest BCUT2D eigenvalue weighted by molar-refractivity contribution is 5.92. The van der Waals surface area contributed by atoms with Gasteiger partial charge in [-0.1, -0.05) is 60.7 Å². The largest absolute Gasteiger partial charge is 0.422 e. The number of benzene rings is 3. The molecule has 0 radical (unpaired) electrons. The first kappa shape index (κ1) is 24.7. The van der Waals surface area contributed by atoms with E-state index in [1.165, 1.54) is 11.6 Å². The maximum Gasteiger partial charge on any atom is 0.343 e. The van der Waals surface area contributed by atoms with Crippen molar-refractivity contribution in [2.24, 2.45) is 0 Å². The summed E-state index contributed by atoms with van der Waals surface area (Å²) in [5, 5.41) is 0.846. The molecule has 6 nitrogen and oxygen atoms in total. The van der Waals surface area contributed by atoms with Crippen LogP contribution >= 0.6 is 0 Å². The summed E-state index contributed by atoms with van der Waals surface area (Å²) in [7, 11) is 0. The van der Waals surface area contributed by atoms with E-state index in [0.717, 1.165) is 49.2 Å². The van der Waals surface area contributed by atoms with E-state index in [-0.39, 0.29) is 0 Å². The van der Waals surface area contributed by atoms with Gasteiger partial charge in [-0.15, -0.1) is 0 Å². The number of hydrogen-bond donors (Lipinski definition) is 0. The molecule has 0 saturated carbocycles. The molecule has 1 saturated heterocycles. The van der Waals surface area contributed by atoms with E-state index in [0.29, 0.717) is 23.4 Å². The predicted molar refractivity (Wildman–Crippen MR) is 146 cm³/mol. The average Bonchev–Trinajstić information content (AvgIpc) is 2.92. The van der Waals surface area contributed by atoms with Gasteiger partial charge in [0.1, 0.15) is 11.3 Å². The molecule has 0 unspecified atom stereocenters. The number of piperazine rings is 1. The van der Waals surface area contributed by atoms with Crippen LogP contribution < -0.4 is 10.4 Å². The summed E-state index contributed by atoms with van der Waals surface area (Å²) < 4.78 is 11.5. The fraction of sp³-hybridized carbons (Fsp3) is 0.226. The standard InChI is InChI=1S/C31H30N2O4/c1-23-21-29(34)37-30-26(23)14-15-28(36-31(35)25-12-6-3-7-13-25)27(30)22-33-19-17-32(18-20-33)16-8-11-24-9-4-2-5-10-24/h2-15,21H,16-20,22H2,1H3/b11-8+. The first-order chi connectivity index (χ1) is 18.1. The number of rotatable bonds is 7. The fourth-order valence-corrected chi connectivity index (χ4v) is 4.66. The number of esters is 1. The first-order valence-corrected chi connectivity index (χ1v) is 12.6. The van der Waals surface area contributed by atoms with E-state index in [2.05, 4.69) is 34.1 Å². The Morgan fingerprint density at radius 2 is 1.59 bits per heavy atom. The van der Waals surface area contributed by atoms with Crippen LogP contribution in [0.25, 0.3) is 17.0 Å². The molecule has 0 bridgehead atoms. The maximum absolute atomic E-state index is 12.8. The number of nitrogens with zero attached hydrogens (tertiary/aromatic N) is 2. The topological polar surface area (TPSA) is 63.0 Å². The highest BCUT2D eigenvalue weighted by atomic mass is 16.5. The van der Waals surface area contributed by atoms with Crippen LogP contribution in [0.1, 0.15) is 27.0 Å². The van der Waals surface area contributed by atoms with Crippen molar-refractivity contribution in [3.05, 3.63) is 118 Å². The van der Waals surface area contributed by atoms with Crippen LogP contribution in [0, 0.1) is 6.92 Å². The van der Waals surface area contributed by atoms with Crippen molar-refractivity contribution in [2.45, 2.75) is 13.5 Å². The number of fused-ring (bicyclic) bond motifs is 1. The lowest BCUT2D eigenvalue weighted by Gasteiger charge is -2.34. The Kier molecular flexibility index (Phi) is 7.59. The minimum absolute atomic E-state index is 0.409. The molecule has 3 aromatic carbocycles. The second-order valence-electron chi connectivity index (χ2n) is 9.31. The first-order valence-electron chi connectivity index (χ1n) is 12.6. The molecule has 0 N–H and O–H groups in total. The molecule has 1 aromatic heterocycles. The Morgan fingerprint density at radius 3 is 2.32 bits per heavy atom. The van der Waals surface area contributed by atoms with E-state index < -0.39 is 11.6 Å². The van der Waals surface area contributed by atoms with Gasteiger partial charge >= 0.3 is 11.6 Å². The van der Waals surface area contributed by atoms with Crippen LogP contribution in [-0.2, 0) is 6.54 Å². The van der Waals surface area contributed by atoms with Gasteiger partial charge in [-0.3, -0.25) is 9.80 Å². The van der Waals surface area contributed by atoms with Gasteiger partial charge in [0, 0.05) is 50.7 Å². The number of aryl methyl sites for hydroxylation is 1. The van der Waals surface area contributed by atoms with Crippen molar-refractivity contribution in [3.63, 3.8) is 0 Å². The smallest absolute Gasteiger partial charge is 0.343 e. The van der Waals surface area contributed by atoms with Crippen molar-refractivity contribution in [2.75, 3.05) is 32.7 Å². The molecule has 6 heteroatoms. The van der Waals surface area contributed by atoms with Crippen LogP contribution in [-0.4, -0.2) is 48.5 Å². The summed E-state index contributed by atoms with van der Waals surface area (Å²) in [5.41, 5.74) is 3.30. The maximum atomic E-state index is 12.8. The van der Waals surface area contributed by atoms with Crippen molar-refractivity contribution < 1.29 is 13.9 Å². The van der Waals surface area contributed by atoms with Crippen molar-refractivity contribution in [1.82, 2.24) is 9.80 Å². The number of ether oxygens (including phenoxy) is 1. The SMILES string of the molecule is Cc1cc(=O)oc2c(CN3CCN(C/C=C/c4ccccc4)CC3)c(OC(=O)c3ccccc3)ccc12. The molecule has 37 heavy (non-hydrogen) atoms. The van der Waals surface area contributed by atoms with Gasteiger partial charge in [-0.05, 0) is 42.3 Å². The van der Waals surface area contributed by atoms with E-state index in [1.54, 1.807) is 30.3 Å². The highest BCUT2D eigenvalue weighted by Crippen LogP contribution is 2.31. The molecular formula is C31H30N2O4. The van der Waals surface area contributed by atoms with Gasteiger partial charge in [0.2, 0.25) is 0 Å². The fourth-order valence-electron chi connectivity index (χ4n) is 4.66. The van der Waals surface area contributed by atoms with E-state index in [9.17, 15) is 9.59 Å². The van der Waals surface area contributed by atoms with E-state index >= 15 is 0 Å². The lowest BCUT2D eigenvalue weighted by atomic mass is 10.1. The number of hydrogen-bond acceptors (Lipinski definition) is 6. The Balaban J connectivity index is 1.32. The van der Waals surface area contributed by atoms with Crippen LogP contribution in [0.4, 0.5) is 0 Å². The second kappa shape index (κ2) is 11.4. The van der Waals surface area contributed by atoms with Crippen molar-refractivity contribution in [1.29, 1.82) is 0 Å². The van der Waals surface area contributed by atoms with Gasteiger partial charge in [-0.2, -0.15) is 0 Å². The third kappa shape index (κ3) is 6.05. The summed E-state index contributed by atoms with van der Waals surface area (Å²) in [5.74, 6) is -0.0189. The van der Waals surface area contributed by atoms with Gasteiger partial charge in [0.25, 0.3) is 0 Å². The quantitative estimate of drug-likeness (QED) is 0.201. The van der Waals surface area contributed by atoms with Gasteiger partial charge in [0.05, 0.1) is 11.1 Å². The Morgan fingerprint density at radius 1 is 0.919 bits per heavy atom. The molecule has 1 aliphatic heterocycles. The average molecular weight is 495 g/mol. The van der Waals surface area contributed by atoms with Crippen LogP contribution in [0.3, 0.4) is 0 Å². The summed E-state index contributed by atoms with van der Waals surface area (Å²) in [4.78, 5) is 29.8.